The van der Waals surface area contributed by atoms with E-state index in [1.165, 1.54) is 7.11 Å². The maximum absolute atomic E-state index is 13.5. The fraction of sp³-hybridized carbons (Fsp3) is 0.391. The summed E-state index contributed by atoms with van der Waals surface area (Å²) < 4.78 is 17.5. The molecule has 160 valence electrons. The van der Waals surface area contributed by atoms with E-state index in [2.05, 4.69) is 19.6 Å². The first kappa shape index (κ1) is 22.2. The largest absolute Gasteiger partial charge is 0.469 e. The first-order chi connectivity index (χ1) is 14.2. The fourth-order valence-corrected chi connectivity index (χ4v) is 5.35. The number of likely N-dealkylation sites (tertiary alicyclic amines) is 1. The summed E-state index contributed by atoms with van der Waals surface area (Å²) in [5.74, 6) is -1.73. The summed E-state index contributed by atoms with van der Waals surface area (Å²) in [7, 11) is 0.794. The Bertz CT molecular complexity index is 883. The topological polar surface area (TPSA) is 65.1 Å². The Hall–Kier alpha value is -2.48. The molecular formula is C23H29NO5Si. The molecule has 0 saturated carbocycles. The lowest BCUT2D eigenvalue weighted by Crippen LogP contribution is -2.76. The molecule has 1 fully saturated rings. The molecule has 1 heterocycles. The summed E-state index contributed by atoms with van der Waals surface area (Å²) in [6.07, 6.45) is -0.0171. The van der Waals surface area contributed by atoms with Gasteiger partial charge in [0.25, 0.3) is 5.91 Å². The Labute approximate surface area is 178 Å². The molecule has 0 radical (unpaired) electrons. The van der Waals surface area contributed by atoms with E-state index in [1.54, 1.807) is 24.1 Å². The van der Waals surface area contributed by atoms with Crippen LogP contribution in [0.15, 0.2) is 60.7 Å². The first-order valence-corrected chi connectivity index (χ1v) is 13.4. The van der Waals surface area contributed by atoms with E-state index in [4.69, 9.17) is 13.9 Å². The van der Waals surface area contributed by atoms with Crippen molar-refractivity contribution in [1.82, 2.24) is 4.90 Å². The zero-order valence-electron chi connectivity index (χ0n) is 18.1. The molecule has 3 rings (SSSR count). The number of benzene rings is 2. The van der Waals surface area contributed by atoms with Gasteiger partial charge < -0.3 is 18.8 Å². The third-order valence-corrected chi connectivity index (χ3v) is 6.13. The molecule has 0 unspecified atom stereocenters. The van der Waals surface area contributed by atoms with Crippen LogP contribution >= 0.6 is 0 Å². The number of rotatable bonds is 7. The van der Waals surface area contributed by atoms with E-state index < -0.39 is 32.2 Å². The SMILES string of the molecule is COC(=O)C[C@@H]1N(C(=O)c2ccccc2)[C@H](c2ccccc2)[C@]1(OC)O[Si](C)(C)C. The summed E-state index contributed by atoms with van der Waals surface area (Å²) in [5.41, 5.74) is 1.44. The lowest BCUT2D eigenvalue weighted by atomic mass is 9.78. The Morgan fingerprint density at radius 3 is 2.03 bits per heavy atom. The highest BCUT2D eigenvalue weighted by molar-refractivity contribution is 6.69. The van der Waals surface area contributed by atoms with Gasteiger partial charge in [-0.05, 0) is 37.3 Å². The normalized spacial score (nSPS) is 23.6. The van der Waals surface area contributed by atoms with Crippen LogP contribution in [0.25, 0.3) is 0 Å². The predicted octanol–water partition coefficient (Wildman–Crippen LogP) is 4.01. The maximum atomic E-state index is 13.5. The van der Waals surface area contributed by atoms with Crippen LogP contribution in [0, 0.1) is 0 Å². The molecule has 0 bridgehead atoms. The van der Waals surface area contributed by atoms with Crippen molar-refractivity contribution in [3.63, 3.8) is 0 Å². The zero-order chi connectivity index (χ0) is 21.9. The number of hydrogen-bond acceptors (Lipinski definition) is 5. The van der Waals surface area contributed by atoms with Crippen LogP contribution in [0.2, 0.25) is 19.6 Å². The van der Waals surface area contributed by atoms with Crippen LogP contribution in [-0.2, 0) is 18.7 Å². The van der Waals surface area contributed by atoms with Crippen molar-refractivity contribution in [3.05, 3.63) is 71.8 Å². The lowest BCUT2D eigenvalue weighted by molar-refractivity contribution is -0.310. The molecule has 1 saturated heterocycles. The van der Waals surface area contributed by atoms with Gasteiger partial charge in [-0.1, -0.05) is 48.5 Å². The van der Waals surface area contributed by atoms with Gasteiger partial charge >= 0.3 is 5.97 Å². The lowest BCUT2D eigenvalue weighted by Gasteiger charge is -2.63. The predicted molar refractivity (Wildman–Crippen MR) is 116 cm³/mol. The van der Waals surface area contributed by atoms with Gasteiger partial charge in [-0.25, -0.2) is 0 Å². The first-order valence-electron chi connectivity index (χ1n) is 9.98. The van der Waals surface area contributed by atoms with Crippen molar-refractivity contribution < 1.29 is 23.5 Å². The van der Waals surface area contributed by atoms with Crippen molar-refractivity contribution in [2.24, 2.45) is 0 Å². The van der Waals surface area contributed by atoms with Gasteiger partial charge in [0.1, 0.15) is 6.04 Å². The number of ether oxygens (including phenoxy) is 2. The molecule has 0 spiro atoms. The highest BCUT2D eigenvalue weighted by Gasteiger charge is 2.66. The third-order valence-electron chi connectivity index (χ3n) is 5.20. The van der Waals surface area contributed by atoms with E-state index in [9.17, 15) is 9.59 Å². The summed E-state index contributed by atoms with van der Waals surface area (Å²) in [4.78, 5) is 27.5. The van der Waals surface area contributed by atoms with E-state index in [0.29, 0.717) is 5.56 Å². The minimum Gasteiger partial charge on any atom is -0.469 e. The van der Waals surface area contributed by atoms with Crippen LogP contribution in [0.4, 0.5) is 0 Å². The average Bonchev–Trinajstić information content (AvgIpc) is 2.74. The minimum absolute atomic E-state index is 0.0171. The second-order valence-corrected chi connectivity index (χ2v) is 12.8. The second kappa shape index (κ2) is 8.71. The molecule has 0 N–H and O–H groups in total. The van der Waals surface area contributed by atoms with E-state index >= 15 is 0 Å². The van der Waals surface area contributed by atoms with Gasteiger partial charge in [-0.2, -0.15) is 0 Å². The highest BCUT2D eigenvalue weighted by atomic mass is 28.4. The number of nitrogens with zero attached hydrogens (tertiary/aromatic N) is 1. The number of carbonyl (C=O) groups excluding carboxylic acids is 2. The minimum atomic E-state index is -2.12. The number of hydrogen-bond donors (Lipinski definition) is 0. The number of carbonyl (C=O) groups is 2. The molecule has 1 aliphatic rings. The number of amides is 1. The Morgan fingerprint density at radius 2 is 1.53 bits per heavy atom. The van der Waals surface area contributed by atoms with Crippen LogP contribution in [-0.4, -0.2) is 51.1 Å². The van der Waals surface area contributed by atoms with E-state index in [1.807, 2.05) is 48.5 Å². The van der Waals surface area contributed by atoms with Gasteiger partial charge in [-0.3, -0.25) is 9.59 Å². The Balaban J connectivity index is 2.12. The molecule has 3 atom stereocenters. The van der Waals surface area contributed by atoms with Crippen molar-refractivity contribution in [2.75, 3.05) is 14.2 Å². The summed E-state index contributed by atoms with van der Waals surface area (Å²) >= 11 is 0. The molecule has 2 aromatic carbocycles. The maximum Gasteiger partial charge on any atom is 0.307 e. The number of methoxy groups -OCH3 is 2. The van der Waals surface area contributed by atoms with Gasteiger partial charge in [0.2, 0.25) is 5.79 Å². The Morgan fingerprint density at radius 1 is 0.967 bits per heavy atom. The quantitative estimate of drug-likeness (QED) is 0.379. The van der Waals surface area contributed by atoms with Crippen LogP contribution in [0.3, 0.4) is 0 Å². The monoisotopic (exact) mass is 427 g/mol. The number of esters is 1. The summed E-state index contributed by atoms with van der Waals surface area (Å²) in [5, 5.41) is 0. The van der Waals surface area contributed by atoms with Crippen molar-refractivity contribution in [2.45, 2.75) is 43.9 Å². The molecule has 6 nitrogen and oxygen atoms in total. The molecule has 2 aromatic rings. The molecule has 0 aromatic heterocycles. The second-order valence-electron chi connectivity index (χ2n) is 8.33. The van der Waals surface area contributed by atoms with Crippen LogP contribution in [0.1, 0.15) is 28.4 Å². The van der Waals surface area contributed by atoms with Crippen molar-refractivity contribution in [1.29, 1.82) is 0 Å². The van der Waals surface area contributed by atoms with Crippen molar-refractivity contribution in [3.8, 4) is 0 Å². The van der Waals surface area contributed by atoms with Crippen molar-refractivity contribution >= 4 is 20.2 Å². The molecular weight excluding hydrogens is 398 g/mol. The van der Waals surface area contributed by atoms with Gasteiger partial charge in [0.05, 0.1) is 19.6 Å². The fourth-order valence-electron chi connectivity index (χ4n) is 4.06. The molecule has 1 aliphatic heterocycles. The third kappa shape index (κ3) is 4.19. The molecule has 7 heteroatoms. The summed E-state index contributed by atoms with van der Waals surface area (Å²) in [6, 6.07) is 17.6. The van der Waals surface area contributed by atoms with Crippen LogP contribution < -0.4 is 0 Å². The van der Waals surface area contributed by atoms with E-state index in [-0.39, 0.29) is 12.3 Å². The molecule has 0 aliphatic carbocycles. The molecule has 1 amide bonds. The average molecular weight is 428 g/mol. The Kier molecular flexibility index (Phi) is 6.45. The van der Waals surface area contributed by atoms with Gasteiger partial charge in [0, 0.05) is 12.7 Å². The van der Waals surface area contributed by atoms with Gasteiger partial charge in [-0.15, -0.1) is 0 Å². The smallest absolute Gasteiger partial charge is 0.307 e. The van der Waals surface area contributed by atoms with E-state index in [0.717, 1.165) is 5.56 Å². The zero-order valence-corrected chi connectivity index (χ0v) is 19.1. The van der Waals surface area contributed by atoms with Gasteiger partial charge in [0.15, 0.2) is 8.32 Å². The standard InChI is InChI=1S/C23H29NO5Si/c1-27-20(25)16-19-23(28-2,29-30(3,4)5)21(17-12-8-6-9-13-17)24(19)22(26)18-14-10-7-11-15-18/h6-15,19,21H,16H2,1-5H3/t19-,21+,23+/m0/s1. The van der Waals surface area contributed by atoms with Crippen LogP contribution in [0.5, 0.6) is 0 Å². The molecule has 30 heavy (non-hydrogen) atoms. The summed E-state index contributed by atoms with van der Waals surface area (Å²) in [6.45, 7) is 6.19. The highest BCUT2D eigenvalue weighted by Crippen LogP contribution is 2.53.